The molecule has 0 amide bonds. The van der Waals surface area contributed by atoms with Gasteiger partial charge in [0.1, 0.15) is 5.75 Å². The topological polar surface area (TPSA) is 50.1 Å². The second-order valence-electron chi connectivity index (χ2n) is 5.68. The van der Waals surface area contributed by atoms with Crippen LogP contribution in [-0.2, 0) is 19.6 Å². The second kappa shape index (κ2) is 5.72. The molecule has 1 aliphatic heterocycles. The van der Waals surface area contributed by atoms with Crippen molar-refractivity contribution < 1.29 is 5.11 Å². The molecule has 0 aliphatic carbocycles. The van der Waals surface area contributed by atoms with E-state index in [-0.39, 0.29) is 5.75 Å². The fourth-order valence-electron chi connectivity index (χ4n) is 3.08. The zero-order valence-electron chi connectivity index (χ0n) is 12.5. The number of fused-ring (bicyclic) bond motifs is 1. The highest BCUT2D eigenvalue weighted by molar-refractivity contribution is 6.33. The highest BCUT2D eigenvalue weighted by Gasteiger charge is 2.24. The highest BCUT2D eigenvalue weighted by atomic mass is 35.5. The molecule has 116 valence electrons. The van der Waals surface area contributed by atoms with E-state index in [0.717, 1.165) is 40.6 Å². The minimum atomic E-state index is 0.267. The summed E-state index contributed by atoms with van der Waals surface area (Å²) in [7, 11) is 0. The average molecular weight is 326 g/mol. The number of halogens is 1. The molecule has 0 radical (unpaired) electrons. The number of benzene rings is 2. The van der Waals surface area contributed by atoms with Crippen molar-refractivity contribution >= 4 is 11.6 Å². The fourth-order valence-corrected chi connectivity index (χ4v) is 3.30. The molecule has 1 aliphatic rings. The summed E-state index contributed by atoms with van der Waals surface area (Å²) < 4.78 is 1.99. The van der Waals surface area contributed by atoms with E-state index in [0.29, 0.717) is 6.54 Å². The highest BCUT2D eigenvalue weighted by Crippen LogP contribution is 2.34. The summed E-state index contributed by atoms with van der Waals surface area (Å²) in [5, 5.41) is 18.5. The zero-order chi connectivity index (χ0) is 15.8. The van der Waals surface area contributed by atoms with Crippen LogP contribution in [0.3, 0.4) is 0 Å². The molecule has 1 aromatic heterocycles. The maximum absolute atomic E-state index is 9.68. The Morgan fingerprint density at radius 2 is 2.00 bits per heavy atom. The summed E-state index contributed by atoms with van der Waals surface area (Å²) in [5.74, 6) is 0.267. The third kappa shape index (κ3) is 2.60. The van der Waals surface area contributed by atoms with Crippen molar-refractivity contribution in [3.8, 4) is 17.0 Å². The molecular formula is C18H16ClN3O. The maximum atomic E-state index is 9.68. The van der Waals surface area contributed by atoms with Gasteiger partial charge in [-0.15, -0.1) is 0 Å². The molecule has 4 rings (SSSR count). The first-order chi connectivity index (χ1) is 11.2. The van der Waals surface area contributed by atoms with Crippen LogP contribution in [0.15, 0.2) is 48.5 Å². The monoisotopic (exact) mass is 325 g/mol. The number of phenolic OH excluding ortho intramolecular Hbond substituents is 1. The lowest BCUT2D eigenvalue weighted by molar-refractivity contribution is 0.474. The predicted molar refractivity (Wildman–Crippen MR) is 90.4 cm³/mol. The summed E-state index contributed by atoms with van der Waals surface area (Å²) >= 11 is 6.42. The fraction of sp³-hybridized carbons (Fsp3) is 0.167. The predicted octanol–water partition coefficient (Wildman–Crippen LogP) is 3.56. The Balaban J connectivity index is 1.83. The van der Waals surface area contributed by atoms with Gasteiger partial charge in [0.2, 0.25) is 0 Å². The number of hydrogen-bond acceptors (Lipinski definition) is 3. The van der Waals surface area contributed by atoms with E-state index >= 15 is 0 Å². The largest absolute Gasteiger partial charge is 0.508 e. The van der Waals surface area contributed by atoms with Crippen molar-refractivity contribution in [2.75, 3.05) is 0 Å². The van der Waals surface area contributed by atoms with Gasteiger partial charge in [-0.05, 0) is 23.8 Å². The van der Waals surface area contributed by atoms with Crippen LogP contribution in [0.5, 0.6) is 5.75 Å². The Labute approximate surface area is 139 Å². The lowest BCUT2D eigenvalue weighted by atomic mass is 10.1. The third-order valence-corrected chi connectivity index (χ3v) is 4.43. The van der Waals surface area contributed by atoms with Crippen molar-refractivity contribution in [3.63, 3.8) is 0 Å². The smallest absolute Gasteiger partial charge is 0.115 e. The van der Waals surface area contributed by atoms with Gasteiger partial charge in [0.05, 0.1) is 17.9 Å². The van der Waals surface area contributed by atoms with Gasteiger partial charge in [-0.25, -0.2) is 0 Å². The SMILES string of the molecule is Oc1cccc(Cn2nc3c(c2-c2ccccc2Cl)CNC3)c1. The van der Waals surface area contributed by atoms with E-state index in [1.54, 1.807) is 12.1 Å². The molecule has 0 unspecified atom stereocenters. The first-order valence-electron chi connectivity index (χ1n) is 7.54. The minimum Gasteiger partial charge on any atom is -0.508 e. The van der Waals surface area contributed by atoms with Crippen molar-refractivity contribution in [2.45, 2.75) is 19.6 Å². The lowest BCUT2D eigenvalue weighted by Crippen LogP contribution is -2.09. The molecule has 5 heteroatoms. The molecule has 0 saturated carbocycles. The molecular weight excluding hydrogens is 310 g/mol. The summed E-state index contributed by atoms with van der Waals surface area (Å²) in [6.45, 7) is 2.18. The number of nitrogens with zero attached hydrogens (tertiary/aromatic N) is 2. The zero-order valence-corrected chi connectivity index (χ0v) is 13.2. The van der Waals surface area contributed by atoms with Gasteiger partial charge in [0, 0.05) is 29.2 Å². The quantitative estimate of drug-likeness (QED) is 0.774. The number of hydrogen-bond donors (Lipinski definition) is 2. The summed E-state index contributed by atoms with van der Waals surface area (Å²) in [5.41, 5.74) is 5.33. The molecule has 0 spiro atoms. The molecule has 2 heterocycles. The third-order valence-electron chi connectivity index (χ3n) is 4.10. The molecule has 4 nitrogen and oxygen atoms in total. The van der Waals surface area contributed by atoms with Gasteiger partial charge in [0.15, 0.2) is 0 Å². The van der Waals surface area contributed by atoms with Crippen molar-refractivity contribution in [1.29, 1.82) is 0 Å². The Hall–Kier alpha value is -2.30. The van der Waals surface area contributed by atoms with Crippen LogP contribution < -0.4 is 5.32 Å². The molecule has 2 aromatic carbocycles. The van der Waals surface area contributed by atoms with E-state index in [4.69, 9.17) is 16.7 Å². The van der Waals surface area contributed by atoms with E-state index in [1.807, 2.05) is 41.1 Å². The van der Waals surface area contributed by atoms with Crippen molar-refractivity contribution in [2.24, 2.45) is 0 Å². The Bertz CT molecular complexity index is 872. The molecule has 2 N–H and O–H groups in total. The summed E-state index contributed by atoms with van der Waals surface area (Å²) in [4.78, 5) is 0. The number of phenols is 1. The molecule has 23 heavy (non-hydrogen) atoms. The number of nitrogens with one attached hydrogen (secondary N) is 1. The van der Waals surface area contributed by atoms with Gasteiger partial charge in [0.25, 0.3) is 0 Å². The first-order valence-corrected chi connectivity index (χ1v) is 7.92. The lowest BCUT2D eigenvalue weighted by Gasteiger charge is -2.11. The van der Waals surface area contributed by atoms with Crippen LogP contribution in [0.4, 0.5) is 0 Å². The number of rotatable bonds is 3. The van der Waals surface area contributed by atoms with Gasteiger partial charge in [-0.3, -0.25) is 4.68 Å². The van der Waals surface area contributed by atoms with Crippen LogP contribution in [0, 0.1) is 0 Å². The minimum absolute atomic E-state index is 0.267. The summed E-state index contributed by atoms with van der Waals surface area (Å²) in [6, 6.07) is 15.1. The average Bonchev–Trinajstić information content (AvgIpc) is 3.09. The van der Waals surface area contributed by atoms with Crippen LogP contribution in [0.25, 0.3) is 11.3 Å². The second-order valence-corrected chi connectivity index (χ2v) is 6.09. The Kier molecular flexibility index (Phi) is 3.56. The van der Waals surface area contributed by atoms with E-state index in [9.17, 15) is 5.11 Å². The van der Waals surface area contributed by atoms with Crippen LogP contribution in [0.1, 0.15) is 16.8 Å². The van der Waals surface area contributed by atoms with Gasteiger partial charge < -0.3 is 10.4 Å². The molecule has 0 fully saturated rings. The van der Waals surface area contributed by atoms with Crippen molar-refractivity contribution in [1.82, 2.24) is 15.1 Å². The summed E-state index contributed by atoms with van der Waals surface area (Å²) in [6.07, 6.45) is 0. The Morgan fingerprint density at radius 1 is 1.13 bits per heavy atom. The molecule has 0 bridgehead atoms. The van der Waals surface area contributed by atoms with Crippen LogP contribution in [-0.4, -0.2) is 14.9 Å². The van der Waals surface area contributed by atoms with Crippen LogP contribution in [0.2, 0.25) is 5.02 Å². The Morgan fingerprint density at radius 3 is 2.83 bits per heavy atom. The first kappa shape index (κ1) is 14.3. The normalized spacial score (nSPS) is 13.3. The molecule has 0 saturated heterocycles. The standard InChI is InChI=1S/C18H16ClN3O/c19-16-7-2-1-6-14(16)18-15-9-20-10-17(15)21-22(18)11-12-4-3-5-13(23)8-12/h1-8,20,23H,9-11H2. The molecule has 0 atom stereocenters. The van der Waals surface area contributed by atoms with Gasteiger partial charge in [-0.1, -0.05) is 41.9 Å². The maximum Gasteiger partial charge on any atom is 0.115 e. The van der Waals surface area contributed by atoms with E-state index < -0.39 is 0 Å². The van der Waals surface area contributed by atoms with Crippen LogP contribution >= 0.6 is 11.6 Å². The number of aromatic hydroxyl groups is 1. The van der Waals surface area contributed by atoms with Crippen molar-refractivity contribution in [3.05, 3.63) is 70.4 Å². The van der Waals surface area contributed by atoms with Gasteiger partial charge >= 0.3 is 0 Å². The van der Waals surface area contributed by atoms with Gasteiger partial charge in [-0.2, -0.15) is 5.10 Å². The molecule has 3 aromatic rings. The number of aromatic nitrogens is 2. The van der Waals surface area contributed by atoms with E-state index in [1.165, 1.54) is 5.56 Å². The van der Waals surface area contributed by atoms with E-state index in [2.05, 4.69) is 5.32 Å².